The Morgan fingerprint density at radius 2 is 1.75 bits per heavy atom. The quantitative estimate of drug-likeness (QED) is 0.701. The van der Waals surface area contributed by atoms with Gasteiger partial charge in [0.25, 0.3) is 0 Å². The fourth-order valence-electron chi connectivity index (χ4n) is 2.18. The number of sulfonamides is 1. The zero-order valence-electron chi connectivity index (χ0n) is 14.1. The van der Waals surface area contributed by atoms with E-state index in [9.17, 15) is 13.2 Å². The standard InChI is InChI=1S/C15H24ClN3O3S.ClH/c1-4-15(5-2,11-17)18-14(20)10-19(3)23(21,22)13-8-6-12(16)7-9-13;/h6-9H,4-5,10-11,17H2,1-3H3,(H,18,20);1H. The number of nitrogens with one attached hydrogen (secondary N) is 1. The summed E-state index contributed by atoms with van der Waals surface area (Å²) in [6.45, 7) is 3.90. The summed E-state index contributed by atoms with van der Waals surface area (Å²) in [5.74, 6) is -0.376. The van der Waals surface area contributed by atoms with Gasteiger partial charge in [-0.25, -0.2) is 8.42 Å². The zero-order chi connectivity index (χ0) is 17.7. The minimum absolute atomic E-state index is 0. The Balaban J connectivity index is 0.00000529. The van der Waals surface area contributed by atoms with Crippen LogP contribution in [0.5, 0.6) is 0 Å². The first-order valence-electron chi connectivity index (χ1n) is 7.43. The van der Waals surface area contributed by atoms with E-state index >= 15 is 0 Å². The first-order valence-corrected chi connectivity index (χ1v) is 9.25. The maximum absolute atomic E-state index is 12.4. The van der Waals surface area contributed by atoms with Gasteiger partial charge in [0.15, 0.2) is 0 Å². The molecule has 0 aliphatic carbocycles. The molecule has 1 amide bonds. The molecule has 0 unspecified atom stereocenters. The van der Waals surface area contributed by atoms with Crippen molar-refractivity contribution in [2.24, 2.45) is 5.73 Å². The summed E-state index contributed by atoms with van der Waals surface area (Å²) < 4.78 is 25.9. The van der Waals surface area contributed by atoms with Crippen LogP contribution in [0.2, 0.25) is 5.02 Å². The Labute approximate surface area is 155 Å². The number of amides is 1. The molecule has 1 rings (SSSR count). The number of benzene rings is 1. The minimum atomic E-state index is -3.74. The molecule has 0 aliphatic heterocycles. The van der Waals surface area contributed by atoms with Crippen LogP contribution in [-0.4, -0.2) is 44.3 Å². The van der Waals surface area contributed by atoms with Crippen LogP contribution < -0.4 is 11.1 Å². The second-order valence-corrected chi connectivity index (χ2v) is 7.94. The maximum Gasteiger partial charge on any atom is 0.243 e. The van der Waals surface area contributed by atoms with Crippen molar-refractivity contribution in [1.82, 2.24) is 9.62 Å². The Hall–Kier alpha value is -0.860. The molecule has 3 N–H and O–H groups in total. The highest BCUT2D eigenvalue weighted by Gasteiger charge is 2.29. The third-order valence-corrected chi connectivity index (χ3v) is 6.11. The van der Waals surface area contributed by atoms with Gasteiger partial charge in [0.2, 0.25) is 15.9 Å². The van der Waals surface area contributed by atoms with Gasteiger partial charge in [-0.2, -0.15) is 4.31 Å². The van der Waals surface area contributed by atoms with Crippen LogP contribution in [0.15, 0.2) is 29.2 Å². The molecular formula is C15H25Cl2N3O3S. The second-order valence-electron chi connectivity index (χ2n) is 5.45. The average molecular weight is 398 g/mol. The highest BCUT2D eigenvalue weighted by molar-refractivity contribution is 7.89. The van der Waals surface area contributed by atoms with Crippen LogP contribution in [0.25, 0.3) is 0 Å². The summed E-state index contributed by atoms with van der Waals surface area (Å²) in [6.07, 6.45) is 1.36. The number of rotatable bonds is 8. The summed E-state index contributed by atoms with van der Waals surface area (Å²) in [4.78, 5) is 12.3. The minimum Gasteiger partial charge on any atom is -0.348 e. The van der Waals surface area contributed by atoms with Crippen molar-refractivity contribution in [3.05, 3.63) is 29.3 Å². The number of halogens is 2. The van der Waals surface area contributed by atoms with Gasteiger partial charge in [0, 0.05) is 18.6 Å². The van der Waals surface area contributed by atoms with Crippen molar-refractivity contribution < 1.29 is 13.2 Å². The maximum atomic E-state index is 12.4. The summed E-state index contributed by atoms with van der Waals surface area (Å²) in [5.41, 5.74) is 5.24. The Morgan fingerprint density at radius 3 is 2.17 bits per heavy atom. The average Bonchev–Trinajstić information content (AvgIpc) is 2.53. The molecule has 24 heavy (non-hydrogen) atoms. The number of hydrogen-bond donors (Lipinski definition) is 2. The van der Waals surface area contributed by atoms with Gasteiger partial charge in [0.05, 0.1) is 17.0 Å². The molecule has 9 heteroatoms. The third kappa shape index (κ3) is 5.60. The van der Waals surface area contributed by atoms with Crippen molar-refractivity contribution in [2.75, 3.05) is 20.1 Å². The predicted molar refractivity (Wildman–Crippen MR) is 99.0 cm³/mol. The Bertz CT molecular complexity index is 624. The molecule has 0 aromatic heterocycles. The first kappa shape index (κ1) is 23.1. The Kier molecular flexibility index (Phi) is 9.24. The SMILES string of the molecule is CCC(CC)(CN)NC(=O)CN(C)S(=O)(=O)c1ccc(Cl)cc1.Cl. The predicted octanol–water partition coefficient (Wildman–Crippen LogP) is 2.02. The van der Waals surface area contributed by atoms with Crippen molar-refractivity contribution in [1.29, 1.82) is 0 Å². The molecular weight excluding hydrogens is 373 g/mol. The number of hydrogen-bond acceptors (Lipinski definition) is 4. The van der Waals surface area contributed by atoms with E-state index < -0.39 is 15.6 Å². The van der Waals surface area contributed by atoms with E-state index in [0.29, 0.717) is 24.4 Å². The highest BCUT2D eigenvalue weighted by Crippen LogP contribution is 2.18. The normalized spacial score (nSPS) is 11.9. The molecule has 0 saturated heterocycles. The molecule has 138 valence electrons. The Morgan fingerprint density at radius 1 is 1.25 bits per heavy atom. The number of carbonyl (C=O) groups excluding carboxylic acids is 1. The van der Waals surface area contributed by atoms with E-state index in [0.717, 1.165) is 4.31 Å². The van der Waals surface area contributed by atoms with Gasteiger partial charge < -0.3 is 11.1 Å². The van der Waals surface area contributed by atoms with Crippen LogP contribution >= 0.6 is 24.0 Å². The summed E-state index contributed by atoms with van der Waals surface area (Å²) in [7, 11) is -2.38. The van der Waals surface area contributed by atoms with Gasteiger partial charge in [-0.3, -0.25) is 4.79 Å². The lowest BCUT2D eigenvalue weighted by atomic mass is 9.93. The largest absolute Gasteiger partial charge is 0.348 e. The molecule has 0 fully saturated rings. The zero-order valence-corrected chi connectivity index (χ0v) is 16.5. The van der Waals surface area contributed by atoms with Crippen molar-refractivity contribution >= 4 is 39.9 Å². The topological polar surface area (TPSA) is 92.5 Å². The van der Waals surface area contributed by atoms with E-state index in [4.69, 9.17) is 17.3 Å². The number of carbonyl (C=O) groups is 1. The molecule has 0 aliphatic rings. The molecule has 0 spiro atoms. The van der Waals surface area contributed by atoms with Crippen molar-refractivity contribution in [3.8, 4) is 0 Å². The van der Waals surface area contributed by atoms with E-state index in [2.05, 4.69) is 5.32 Å². The highest BCUT2D eigenvalue weighted by atomic mass is 35.5. The molecule has 0 atom stereocenters. The molecule has 1 aromatic rings. The van der Waals surface area contributed by atoms with Gasteiger partial charge in [-0.1, -0.05) is 25.4 Å². The van der Waals surface area contributed by atoms with Crippen LogP contribution in [0, 0.1) is 0 Å². The van der Waals surface area contributed by atoms with Crippen molar-refractivity contribution in [2.45, 2.75) is 37.1 Å². The monoisotopic (exact) mass is 397 g/mol. The van der Waals surface area contributed by atoms with Crippen LogP contribution in [0.1, 0.15) is 26.7 Å². The fraction of sp³-hybridized carbons (Fsp3) is 0.533. The van der Waals surface area contributed by atoms with E-state index in [-0.39, 0.29) is 29.8 Å². The number of nitrogens with zero attached hydrogens (tertiary/aromatic N) is 1. The third-order valence-electron chi connectivity index (χ3n) is 4.04. The first-order chi connectivity index (χ1) is 10.7. The molecule has 6 nitrogen and oxygen atoms in total. The number of nitrogens with two attached hydrogens (primary N) is 1. The lowest BCUT2D eigenvalue weighted by molar-refractivity contribution is -0.123. The summed E-state index contributed by atoms with van der Waals surface area (Å²) in [5, 5.41) is 3.30. The van der Waals surface area contributed by atoms with E-state index in [1.165, 1.54) is 31.3 Å². The number of likely N-dealkylation sites (N-methyl/N-ethyl adjacent to an activating group) is 1. The van der Waals surface area contributed by atoms with Crippen molar-refractivity contribution in [3.63, 3.8) is 0 Å². The van der Waals surface area contributed by atoms with Gasteiger partial charge in [-0.15, -0.1) is 12.4 Å². The molecule has 0 saturated carbocycles. The fourth-order valence-corrected chi connectivity index (χ4v) is 3.43. The molecule has 0 bridgehead atoms. The molecule has 0 heterocycles. The van der Waals surface area contributed by atoms with Gasteiger partial charge in [-0.05, 0) is 37.1 Å². The molecule has 1 aromatic carbocycles. The molecule has 0 radical (unpaired) electrons. The van der Waals surface area contributed by atoms with Crippen LogP contribution in [0.4, 0.5) is 0 Å². The lowest BCUT2D eigenvalue weighted by Crippen LogP contribution is -2.55. The lowest BCUT2D eigenvalue weighted by Gasteiger charge is -2.32. The summed E-state index contributed by atoms with van der Waals surface area (Å²) in [6, 6.07) is 5.81. The van der Waals surface area contributed by atoms with E-state index in [1.807, 2.05) is 13.8 Å². The van der Waals surface area contributed by atoms with Gasteiger partial charge >= 0.3 is 0 Å². The smallest absolute Gasteiger partial charge is 0.243 e. The van der Waals surface area contributed by atoms with Crippen LogP contribution in [0.3, 0.4) is 0 Å². The van der Waals surface area contributed by atoms with E-state index in [1.54, 1.807) is 0 Å². The second kappa shape index (κ2) is 9.58. The summed E-state index contributed by atoms with van der Waals surface area (Å²) >= 11 is 5.76. The van der Waals surface area contributed by atoms with Gasteiger partial charge in [0.1, 0.15) is 0 Å². The van der Waals surface area contributed by atoms with Crippen LogP contribution in [-0.2, 0) is 14.8 Å².